The third kappa shape index (κ3) is 4.08. The van der Waals surface area contributed by atoms with Gasteiger partial charge in [-0.2, -0.15) is 5.26 Å². The fourth-order valence-electron chi connectivity index (χ4n) is 5.73. The summed E-state index contributed by atoms with van der Waals surface area (Å²) in [4.78, 5) is 10.5. The minimum Gasteiger partial charge on any atom is -0.245 e. The van der Waals surface area contributed by atoms with Crippen molar-refractivity contribution >= 4 is 21.8 Å². The maximum atomic E-state index is 10.5. The first kappa shape index (κ1) is 23.8. The van der Waals surface area contributed by atoms with Crippen LogP contribution in [0.3, 0.4) is 0 Å². The minimum atomic E-state index is 0.246. The molecule has 4 aromatic carbocycles. The average molecular weight is 512 g/mol. The fourth-order valence-corrected chi connectivity index (χ4v) is 5.73. The van der Waals surface area contributed by atoms with E-state index >= 15 is 0 Å². The summed E-state index contributed by atoms with van der Waals surface area (Å²) in [5, 5.41) is 12.5. The lowest BCUT2D eigenvalue weighted by molar-refractivity contribution is 0.861. The zero-order valence-electron chi connectivity index (χ0n) is 21.8. The number of allylic oxidation sites excluding steroid dienone is 4. The van der Waals surface area contributed by atoms with Gasteiger partial charge in [-0.3, -0.25) is 0 Å². The lowest BCUT2D eigenvalue weighted by Gasteiger charge is -2.20. The molecule has 0 N–H and O–H groups in total. The normalized spacial score (nSPS) is 14.4. The molecule has 3 heteroatoms. The van der Waals surface area contributed by atoms with Gasteiger partial charge in [0.25, 0.3) is 0 Å². The minimum absolute atomic E-state index is 0.246. The lowest BCUT2D eigenvalue weighted by atomic mass is 9.87. The van der Waals surface area contributed by atoms with Gasteiger partial charge in [0, 0.05) is 33.4 Å². The van der Waals surface area contributed by atoms with Crippen molar-refractivity contribution < 1.29 is 0 Å². The zero-order chi connectivity index (χ0) is 26.9. The summed E-state index contributed by atoms with van der Waals surface area (Å²) >= 11 is 0. The smallest absolute Gasteiger partial charge is 0.102 e. The molecule has 0 spiro atoms. The number of benzene rings is 4. The van der Waals surface area contributed by atoms with E-state index in [9.17, 15) is 5.26 Å². The molecule has 0 saturated carbocycles. The van der Waals surface area contributed by atoms with Gasteiger partial charge in [0.05, 0.1) is 28.0 Å². The second kappa shape index (κ2) is 10.1. The number of hydrogen-bond donors (Lipinski definition) is 0. The first-order valence-electron chi connectivity index (χ1n) is 13.5. The van der Waals surface area contributed by atoms with Crippen LogP contribution >= 0.6 is 0 Å². The molecule has 0 fully saturated rings. The molecule has 40 heavy (non-hydrogen) atoms. The molecule has 1 unspecified atom stereocenters. The second-order valence-corrected chi connectivity index (χ2v) is 10.0. The highest BCUT2D eigenvalue weighted by Gasteiger charge is 2.22. The van der Waals surface area contributed by atoms with Crippen LogP contribution in [0.4, 0.5) is 0 Å². The van der Waals surface area contributed by atoms with Crippen molar-refractivity contribution in [3.63, 3.8) is 0 Å². The molecule has 0 aliphatic heterocycles. The molecule has 0 radical (unpaired) electrons. The Morgan fingerprint density at radius 1 is 0.650 bits per heavy atom. The van der Waals surface area contributed by atoms with E-state index in [-0.39, 0.29) is 5.92 Å². The molecule has 2 heterocycles. The van der Waals surface area contributed by atoms with Crippen LogP contribution in [0, 0.1) is 11.3 Å². The van der Waals surface area contributed by atoms with Crippen LogP contribution in [0.15, 0.2) is 133 Å². The molecule has 3 nitrogen and oxygen atoms in total. The number of aromatic nitrogens is 2. The summed E-state index contributed by atoms with van der Waals surface area (Å²) in [6, 6.07) is 39.5. The van der Waals surface area contributed by atoms with Crippen LogP contribution in [0.2, 0.25) is 0 Å². The Kier molecular flexibility index (Phi) is 6.00. The average Bonchev–Trinajstić information content (AvgIpc) is 3.04. The summed E-state index contributed by atoms with van der Waals surface area (Å²) in [6.45, 7) is 0. The van der Waals surface area contributed by atoms with Crippen LogP contribution < -0.4 is 0 Å². The number of pyridine rings is 2. The first-order valence-corrected chi connectivity index (χ1v) is 13.5. The van der Waals surface area contributed by atoms with E-state index in [2.05, 4.69) is 72.8 Å². The quantitative estimate of drug-likeness (QED) is 0.222. The monoisotopic (exact) mass is 511 g/mol. The third-order valence-corrected chi connectivity index (χ3v) is 7.64. The van der Waals surface area contributed by atoms with Crippen molar-refractivity contribution in [2.24, 2.45) is 0 Å². The Labute approximate surface area is 233 Å². The standard InChI is InChI=1S/C37H25N3/c38-24-32-34(27-17-9-3-10-18-27)30-22-21-29-31(25-13-5-1-6-14-25)23-33(26-15-7-2-8-16-26)39-36(29)37(30)40-35(32)28-19-11-4-12-20-28/h1-13,15-23,25H,14H2. The van der Waals surface area contributed by atoms with Gasteiger partial charge in [-0.1, -0.05) is 127 Å². The molecule has 1 aliphatic rings. The van der Waals surface area contributed by atoms with Gasteiger partial charge in [-0.15, -0.1) is 0 Å². The Morgan fingerprint density at radius 2 is 1.27 bits per heavy atom. The number of nitrogens with zero attached hydrogens (tertiary/aromatic N) is 3. The number of nitriles is 1. The van der Waals surface area contributed by atoms with E-state index in [1.807, 2.05) is 66.7 Å². The van der Waals surface area contributed by atoms with Crippen LogP contribution in [0.5, 0.6) is 0 Å². The lowest BCUT2D eigenvalue weighted by Crippen LogP contribution is -2.02. The molecule has 0 bridgehead atoms. The van der Waals surface area contributed by atoms with Gasteiger partial charge in [-0.25, -0.2) is 9.97 Å². The maximum absolute atomic E-state index is 10.5. The molecular weight excluding hydrogens is 486 g/mol. The number of fused-ring (bicyclic) bond motifs is 3. The predicted molar refractivity (Wildman–Crippen MR) is 164 cm³/mol. The highest BCUT2D eigenvalue weighted by molar-refractivity contribution is 6.12. The summed E-state index contributed by atoms with van der Waals surface area (Å²) in [5.74, 6) is 0.246. The Morgan fingerprint density at radius 3 is 1.93 bits per heavy atom. The van der Waals surface area contributed by atoms with Crippen LogP contribution in [-0.2, 0) is 0 Å². The molecule has 1 atom stereocenters. The molecule has 0 saturated heterocycles. The molecule has 188 valence electrons. The highest BCUT2D eigenvalue weighted by Crippen LogP contribution is 2.41. The third-order valence-electron chi connectivity index (χ3n) is 7.64. The fraction of sp³-hybridized carbons (Fsp3) is 0.0541. The van der Waals surface area contributed by atoms with Crippen LogP contribution in [-0.4, -0.2) is 9.97 Å². The predicted octanol–water partition coefficient (Wildman–Crippen LogP) is 9.26. The molecule has 7 rings (SSSR count). The van der Waals surface area contributed by atoms with Gasteiger partial charge in [0.2, 0.25) is 0 Å². The summed E-state index contributed by atoms with van der Waals surface area (Å²) < 4.78 is 0. The molecule has 6 aromatic rings. The highest BCUT2D eigenvalue weighted by atomic mass is 14.8. The van der Waals surface area contributed by atoms with E-state index in [1.54, 1.807) is 0 Å². The van der Waals surface area contributed by atoms with E-state index < -0.39 is 0 Å². The Hall–Kier alpha value is -5.33. The SMILES string of the molecule is N#Cc1c(-c2ccccc2)nc2c(ccc3c(C4C=CC=CC4)cc(-c4ccccc4)nc32)c1-c1ccccc1. The summed E-state index contributed by atoms with van der Waals surface area (Å²) in [6.07, 6.45) is 9.66. The van der Waals surface area contributed by atoms with Crippen molar-refractivity contribution in [2.45, 2.75) is 12.3 Å². The van der Waals surface area contributed by atoms with Gasteiger partial charge in [-0.05, 0) is 23.6 Å². The van der Waals surface area contributed by atoms with Gasteiger partial charge in [0.1, 0.15) is 6.07 Å². The number of hydrogen-bond acceptors (Lipinski definition) is 3. The van der Waals surface area contributed by atoms with E-state index in [1.165, 1.54) is 5.56 Å². The molecule has 2 aromatic heterocycles. The van der Waals surface area contributed by atoms with Crippen LogP contribution in [0.25, 0.3) is 55.4 Å². The van der Waals surface area contributed by atoms with Crippen molar-refractivity contribution in [1.82, 2.24) is 9.97 Å². The molecule has 1 aliphatic carbocycles. The van der Waals surface area contributed by atoms with Crippen LogP contribution in [0.1, 0.15) is 23.5 Å². The second-order valence-electron chi connectivity index (χ2n) is 10.0. The summed E-state index contributed by atoms with van der Waals surface area (Å²) in [7, 11) is 0. The number of rotatable bonds is 4. The van der Waals surface area contributed by atoms with Gasteiger partial charge in [0.15, 0.2) is 0 Å². The summed E-state index contributed by atoms with van der Waals surface area (Å²) in [5.41, 5.74) is 8.94. The largest absolute Gasteiger partial charge is 0.245 e. The first-order chi connectivity index (χ1) is 19.8. The maximum Gasteiger partial charge on any atom is 0.102 e. The van der Waals surface area contributed by atoms with Crippen molar-refractivity contribution in [3.8, 4) is 39.7 Å². The van der Waals surface area contributed by atoms with Crippen molar-refractivity contribution in [1.29, 1.82) is 5.26 Å². The zero-order valence-corrected chi connectivity index (χ0v) is 21.8. The van der Waals surface area contributed by atoms with Gasteiger partial charge < -0.3 is 0 Å². The molecule has 0 amide bonds. The van der Waals surface area contributed by atoms with E-state index in [4.69, 9.17) is 9.97 Å². The van der Waals surface area contributed by atoms with Crippen molar-refractivity contribution in [2.75, 3.05) is 0 Å². The van der Waals surface area contributed by atoms with Gasteiger partial charge >= 0.3 is 0 Å². The Balaban J connectivity index is 1.64. The van der Waals surface area contributed by atoms with Crippen molar-refractivity contribution in [3.05, 3.63) is 145 Å². The van der Waals surface area contributed by atoms with E-state index in [0.29, 0.717) is 11.3 Å². The molecular formula is C37H25N3. The topological polar surface area (TPSA) is 49.6 Å². The van der Waals surface area contributed by atoms with E-state index in [0.717, 1.165) is 56.2 Å². The Bertz CT molecular complexity index is 1970.